The maximum atomic E-state index is 9.57. The van der Waals surface area contributed by atoms with Gasteiger partial charge < -0.3 is 25.1 Å². The molecule has 0 amide bonds. The van der Waals surface area contributed by atoms with E-state index < -0.39 is 0 Å². The van der Waals surface area contributed by atoms with E-state index in [2.05, 4.69) is 206 Å². The van der Waals surface area contributed by atoms with Gasteiger partial charge in [0.2, 0.25) is 0 Å². The third-order valence-electron chi connectivity index (χ3n) is 11.4. The van der Waals surface area contributed by atoms with Crippen molar-refractivity contribution in [1.29, 1.82) is 0 Å². The van der Waals surface area contributed by atoms with Gasteiger partial charge in [0.1, 0.15) is 11.5 Å². The number of fused-ring (bicyclic) bond motifs is 6. The zero-order valence-corrected chi connectivity index (χ0v) is 43.8. The molecule has 0 saturated carbocycles. The van der Waals surface area contributed by atoms with Gasteiger partial charge in [0.25, 0.3) is 0 Å². The van der Waals surface area contributed by atoms with Gasteiger partial charge in [0, 0.05) is 0 Å². The molecule has 2 nitrogen and oxygen atoms in total. The van der Waals surface area contributed by atoms with Gasteiger partial charge in [-0.3, -0.25) is 0 Å². The minimum Gasteiger partial charge on any atom is -0.145 e. The van der Waals surface area contributed by atoms with E-state index in [0.717, 1.165) is 11.1 Å². The first kappa shape index (κ1) is 52.8. The number of phenolic OH excluding ortho intramolecular Hbond substituents is 2. The quantitative estimate of drug-likeness (QED) is 0.134. The predicted octanol–water partition coefficient (Wildman–Crippen LogP) is 17.3. The van der Waals surface area contributed by atoms with Crippen molar-refractivity contribution in [2.75, 3.05) is 0 Å². The summed E-state index contributed by atoms with van der Waals surface area (Å²) in [5, 5.41) is 29.7. The van der Waals surface area contributed by atoms with Crippen molar-refractivity contribution >= 4 is 50.0 Å². The average molecular weight is 961 g/mol. The molecule has 10 aromatic rings. The number of phenols is 2. The topological polar surface area (TPSA) is 40.5 Å². The van der Waals surface area contributed by atoms with Crippen molar-refractivity contribution < 1.29 is 33.5 Å². The Morgan fingerprint density at radius 2 is 0.712 bits per heavy atom. The van der Waals surface area contributed by atoms with Crippen LogP contribution >= 0.6 is 0 Å². The third kappa shape index (κ3) is 13.2. The van der Waals surface area contributed by atoms with Gasteiger partial charge in [-0.1, -0.05) is 243 Å². The maximum absolute atomic E-state index is 9.57. The summed E-state index contributed by atoms with van der Waals surface area (Å²) in [7, 11) is 0. The minimum atomic E-state index is 0. The minimum absolute atomic E-state index is 0. The molecule has 0 bridgehead atoms. The van der Waals surface area contributed by atoms with Crippen molar-refractivity contribution in [3.8, 4) is 33.8 Å². The zero-order valence-electron chi connectivity index (χ0n) is 40.4. The Hall–Kier alpha value is -5.80. The second kappa shape index (κ2) is 23.6. The fraction of sp³-hybridized carbons (Fsp3) is 0.161. The molecule has 0 aliphatic rings. The van der Waals surface area contributed by atoms with Gasteiger partial charge >= 0.3 is 30.2 Å². The number of aryl methyl sites for hydroxylation is 2. The second-order valence-electron chi connectivity index (χ2n) is 18.3. The monoisotopic (exact) mass is 958 g/mol. The number of benzene rings is 8. The van der Waals surface area contributed by atoms with E-state index in [1.807, 2.05) is 38.1 Å². The van der Waals surface area contributed by atoms with Crippen LogP contribution in [0.4, 0.5) is 0 Å². The molecular formula is C62H64O2SiZr-4. The molecule has 0 aliphatic carbocycles. The Morgan fingerprint density at radius 1 is 0.394 bits per heavy atom. The number of rotatable bonds is 2. The first-order valence-electron chi connectivity index (χ1n) is 21.8. The molecule has 66 heavy (non-hydrogen) atoms. The molecule has 2 radical (unpaired) electrons. The van der Waals surface area contributed by atoms with Gasteiger partial charge in [0.15, 0.2) is 0 Å². The molecule has 0 unspecified atom stereocenters. The van der Waals surface area contributed by atoms with Crippen LogP contribution in [0.5, 0.6) is 11.5 Å². The average Bonchev–Trinajstić information content (AvgIpc) is 3.96. The van der Waals surface area contributed by atoms with Crippen molar-refractivity contribution in [3.63, 3.8) is 0 Å². The van der Waals surface area contributed by atoms with E-state index in [4.69, 9.17) is 0 Å². The summed E-state index contributed by atoms with van der Waals surface area (Å²) in [4.78, 5) is 0. The number of hydrogen-bond donors (Lipinski definition) is 2. The molecule has 2 N–H and O–H groups in total. The second-order valence-corrected chi connectivity index (χ2v) is 18.3. The molecule has 0 spiro atoms. The van der Waals surface area contributed by atoms with Gasteiger partial charge in [-0.2, -0.15) is 0 Å². The molecule has 0 saturated heterocycles. The van der Waals surface area contributed by atoms with Crippen LogP contribution in [0.2, 0.25) is 0 Å². The van der Waals surface area contributed by atoms with Gasteiger partial charge in [0.05, 0.1) is 0 Å². The van der Waals surface area contributed by atoms with Crippen molar-refractivity contribution in [2.24, 2.45) is 0 Å². The number of aromatic hydroxyl groups is 2. The van der Waals surface area contributed by atoms with E-state index in [0.29, 0.717) is 11.5 Å². The standard InChI is InChI=1S/2C19H13.2C11H16O.2CH3.Si.Zr/c2*1-2-6-14(7-3-1)17-12-16-11-10-15-8-4-5-9-18(15)19(16)13-17;2*1-8-5-6-10(12)9(7-8)11(2,3)4;;;;/h2*1-13H;2*5-7,12H,1-4H3;2*1H3;;/q2*-1;;;2*-1;;. The fourth-order valence-electron chi connectivity index (χ4n) is 8.02. The van der Waals surface area contributed by atoms with Gasteiger partial charge in [-0.15, -0.1) is 56.9 Å². The summed E-state index contributed by atoms with van der Waals surface area (Å²) in [5.41, 5.74) is 9.62. The molecule has 0 aromatic heterocycles. The van der Waals surface area contributed by atoms with Crippen LogP contribution in [-0.2, 0) is 34.2 Å². The SMILES string of the molecule is Cc1ccc(O)c(C(C)(C)C)c1.Cc1ccc(O)c(C(C)(C)C)c1.[CH3-].[CH3-].[Si]=[Zr].c1ccc(-c2cc3ccc4ccccc4c3[cH-]2)cc1.c1ccc(-c2cc3ccc4ccccc4c3[cH-]2)cc1. The van der Waals surface area contributed by atoms with Crippen LogP contribution in [-0.4, -0.2) is 17.1 Å². The molecule has 10 rings (SSSR count). The van der Waals surface area contributed by atoms with Crippen LogP contribution in [0.1, 0.15) is 63.8 Å². The molecule has 336 valence electrons. The molecule has 4 heteroatoms. The summed E-state index contributed by atoms with van der Waals surface area (Å²) < 4.78 is 0. The smallest absolute Gasteiger partial charge is 0.0520 e. The van der Waals surface area contributed by atoms with E-state index in [9.17, 15) is 10.2 Å². The van der Waals surface area contributed by atoms with Crippen LogP contribution < -0.4 is 0 Å². The number of hydrogen-bond acceptors (Lipinski definition) is 2. The largest absolute Gasteiger partial charge is 0.145 e. The van der Waals surface area contributed by atoms with Crippen molar-refractivity contribution in [1.82, 2.24) is 0 Å². The van der Waals surface area contributed by atoms with E-state index in [1.54, 1.807) is 12.1 Å². The predicted molar refractivity (Wildman–Crippen MR) is 287 cm³/mol. The van der Waals surface area contributed by atoms with E-state index in [-0.39, 0.29) is 25.7 Å². The van der Waals surface area contributed by atoms with E-state index >= 15 is 0 Å². The molecule has 0 fully saturated rings. The molecule has 0 heterocycles. The summed E-state index contributed by atoms with van der Waals surface area (Å²) in [6.07, 6.45) is 0. The summed E-state index contributed by atoms with van der Waals surface area (Å²) in [5.74, 6) is 0.793. The summed E-state index contributed by atoms with van der Waals surface area (Å²) in [6, 6.07) is 67.7. The first-order chi connectivity index (χ1) is 30.7. The molecule has 10 aromatic carbocycles. The normalized spacial score (nSPS) is 10.7. The van der Waals surface area contributed by atoms with Gasteiger partial charge in [-0.25, -0.2) is 0 Å². The summed E-state index contributed by atoms with van der Waals surface area (Å²) in [6.45, 7) is 19.7. The van der Waals surface area contributed by atoms with Crippen LogP contribution in [0.25, 0.3) is 65.3 Å². The Morgan fingerprint density at radius 3 is 1.05 bits per heavy atom. The first-order valence-corrected chi connectivity index (χ1v) is 26.0. The Bertz CT molecular complexity index is 2880. The van der Waals surface area contributed by atoms with Crippen LogP contribution in [0, 0.1) is 28.7 Å². The van der Waals surface area contributed by atoms with E-state index in [1.165, 1.54) is 99.8 Å². The Labute approximate surface area is 411 Å². The fourth-order valence-corrected chi connectivity index (χ4v) is 8.02. The van der Waals surface area contributed by atoms with Crippen molar-refractivity contribution in [2.45, 2.75) is 66.2 Å². The maximum Gasteiger partial charge on any atom is -0.0520 e. The molecular weight excluding hydrogens is 896 g/mol. The molecule has 0 atom stereocenters. The molecule has 0 aliphatic heterocycles. The van der Waals surface area contributed by atoms with Crippen LogP contribution in [0.3, 0.4) is 0 Å². The van der Waals surface area contributed by atoms with Crippen molar-refractivity contribution in [3.05, 3.63) is 231 Å². The van der Waals surface area contributed by atoms with Gasteiger partial charge in [-0.05, 0) is 47.9 Å². The summed E-state index contributed by atoms with van der Waals surface area (Å²) >= 11 is 1.36. The Balaban J connectivity index is 0.000000193. The third-order valence-corrected chi connectivity index (χ3v) is 11.4. The zero-order chi connectivity index (χ0) is 46.0. The van der Waals surface area contributed by atoms with Crippen LogP contribution in [0.15, 0.2) is 194 Å². The Kier molecular flexibility index (Phi) is 18.9.